The first-order valence-electron chi connectivity index (χ1n) is 7.58. The van der Waals surface area contributed by atoms with Gasteiger partial charge in [-0.2, -0.15) is 0 Å². The van der Waals surface area contributed by atoms with E-state index < -0.39 is 0 Å². The third-order valence-electron chi connectivity index (χ3n) is 4.07. The molecule has 1 unspecified atom stereocenters. The van der Waals surface area contributed by atoms with Crippen LogP contribution < -0.4 is 14.8 Å². The van der Waals surface area contributed by atoms with Gasteiger partial charge in [0.25, 0.3) is 0 Å². The number of para-hydroxylation sites is 2. The molecule has 0 radical (unpaired) electrons. The minimum Gasteiger partial charge on any atom is -0.486 e. The van der Waals surface area contributed by atoms with Gasteiger partial charge in [-0.15, -0.1) is 0 Å². The van der Waals surface area contributed by atoms with Crippen LogP contribution in [-0.2, 0) is 4.79 Å². The Morgan fingerprint density at radius 1 is 1.38 bits per heavy atom. The molecule has 2 aliphatic rings. The van der Waals surface area contributed by atoms with Crippen molar-refractivity contribution in [1.82, 2.24) is 10.2 Å². The van der Waals surface area contributed by atoms with Crippen molar-refractivity contribution >= 4 is 5.91 Å². The van der Waals surface area contributed by atoms with E-state index in [0.29, 0.717) is 13.2 Å². The zero-order chi connectivity index (χ0) is 14.7. The molecule has 2 aliphatic heterocycles. The van der Waals surface area contributed by atoms with E-state index in [0.717, 1.165) is 37.4 Å². The maximum Gasteiger partial charge on any atom is 0.226 e. The zero-order valence-electron chi connectivity index (χ0n) is 12.4. The van der Waals surface area contributed by atoms with Gasteiger partial charge in [0.15, 0.2) is 17.6 Å². The van der Waals surface area contributed by atoms with Crippen molar-refractivity contribution in [2.75, 3.05) is 33.3 Å². The molecule has 5 nitrogen and oxygen atoms in total. The molecule has 3 rings (SSSR count). The number of carbonyl (C=O) groups is 1. The average Bonchev–Trinajstić information content (AvgIpc) is 2.55. The van der Waals surface area contributed by atoms with E-state index in [9.17, 15) is 4.79 Å². The molecule has 1 aromatic carbocycles. The summed E-state index contributed by atoms with van der Waals surface area (Å²) in [4.78, 5) is 14.2. The van der Waals surface area contributed by atoms with Gasteiger partial charge >= 0.3 is 0 Å². The summed E-state index contributed by atoms with van der Waals surface area (Å²) in [7, 11) is 1.85. The van der Waals surface area contributed by atoms with Crippen LogP contribution in [0.1, 0.15) is 12.8 Å². The number of hydrogen-bond acceptors (Lipinski definition) is 4. The van der Waals surface area contributed by atoms with E-state index in [1.54, 1.807) is 4.90 Å². The SMILES string of the molecule is CN(CC1COc2ccccc2O1)C(=O)[C@H]1CCCNC1. The molecule has 2 heterocycles. The zero-order valence-corrected chi connectivity index (χ0v) is 12.4. The molecule has 1 saturated heterocycles. The number of piperidine rings is 1. The Labute approximate surface area is 125 Å². The van der Waals surface area contributed by atoms with E-state index in [-0.39, 0.29) is 17.9 Å². The fraction of sp³-hybridized carbons (Fsp3) is 0.562. The van der Waals surface area contributed by atoms with Crippen molar-refractivity contribution < 1.29 is 14.3 Å². The maximum absolute atomic E-state index is 12.4. The van der Waals surface area contributed by atoms with E-state index in [1.807, 2.05) is 31.3 Å². The molecule has 1 N–H and O–H groups in total. The molecule has 0 bridgehead atoms. The fourth-order valence-electron chi connectivity index (χ4n) is 2.92. The normalized spacial score (nSPS) is 24.4. The van der Waals surface area contributed by atoms with Crippen LogP contribution in [0.2, 0.25) is 0 Å². The van der Waals surface area contributed by atoms with Crippen molar-refractivity contribution in [3.8, 4) is 11.5 Å². The van der Waals surface area contributed by atoms with Gasteiger partial charge in [0.05, 0.1) is 12.5 Å². The first-order valence-corrected chi connectivity index (χ1v) is 7.58. The second-order valence-corrected chi connectivity index (χ2v) is 5.76. The van der Waals surface area contributed by atoms with E-state index >= 15 is 0 Å². The number of nitrogens with zero attached hydrogens (tertiary/aromatic N) is 1. The van der Waals surface area contributed by atoms with Crippen LogP contribution in [0, 0.1) is 5.92 Å². The van der Waals surface area contributed by atoms with Crippen molar-refractivity contribution in [1.29, 1.82) is 0 Å². The molecule has 0 aromatic heterocycles. The summed E-state index contributed by atoms with van der Waals surface area (Å²) in [6.45, 7) is 2.85. The average molecular weight is 290 g/mol. The lowest BCUT2D eigenvalue weighted by atomic mass is 9.98. The standard InChI is InChI=1S/C16H22N2O3/c1-18(16(19)12-5-4-8-17-9-12)10-13-11-20-14-6-2-3-7-15(14)21-13/h2-3,6-7,12-13,17H,4-5,8-11H2,1H3/t12-,13?/m0/s1. The molecule has 114 valence electrons. The topological polar surface area (TPSA) is 50.8 Å². The van der Waals surface area contributed by atoms with Crippen LogP contribution in [-0.4, -0.2) is 50.2 Å². The van der Waals surface area contributed by atoms with Crippen LogP contribution in [0.3, 0.4) is 0 Å². The van der Waals surface area contributed by atoms with Crippen LogP contribution in [0.15, 0.2) is 24.3 Å². The Balaban J connectivity index is 1.56. The highest BCUT2D eigenvalue weighted by molar-refractivity contribution is 5.79. The lowest BCUT2D eigenvalue weighted by molar-refractivity contribution is -0.136. The third kappa shape index (κ3) is 3.29. The van der Waals surface area contributed by atoms with Crippen molar-refractivity contribution in [2.45, 2.75) is 18.9 Å². The van der Waals surface area contributed by atoms with E-state index in [2.05, 4.69) is 5.32 Å². The number of nitrogens with one attached hydrogen (secondary N) is 1. The molecular weight excluding hydrogens is 268 g/mol. The molecule has 0 saturated carbocycles. The number of carbonyl (C=O) groups excluding carboxylic acids is 1. The minimum absolute atomic E-state index is 0.0977. The molecule has 0 spiro atoms. The molecule has 1 aromatic rings. The summed E-state index contributed by atoms with van der Waals surface area (Å²) in [6.07, 6.45) is 1.94. The highest BCUT2D eigenvalue weighted by Gasteiger charge is 2.28. The van der Waals surface area contributed by atoms with Gasteiger partial charge < -0.3 is 19.7 Å². The quantitative estimate of drug-likeness (QED) is 0.911. The van der Waals surface area contributed by atoms with Crippen molar-refractivity contribution in [3.05, 3.63) is 24.3 Å². The second-order valence-electron chi connectivity index (χ2n) is 5.76. The summed E-state index contributed by atoms with van der Waals surface area (Å²) in [6, 6.07) is 7.64. The molecule has 1 amide bonds. The predicted molar refractivity (Wildman–Crippen MR) is 79.6 cm³/mol. The number of ether oxygens (including phenoxy) is 2. The molecule has 21 heavy (non-hydrogen) atoms. The Bertz CT molecular complexity index is 500. The second kappa shape index (κ2) is 6.35. The van der Waals surface area contributed by atoms with Gasteiger partial charge in [0.1, 0.15) is 6.61 Å². The Kier molecular flexibility index (Phi) is 4.29. The lowest BCUT2D eigenvalue weighted by Gasteiger charge is -2.32. The Hall–Kier alpha value is -1.75. The number of amides is 1. The van der Waals surface area contributed by atoms with E-state index in [1.165, 1.54) is 0 Å². The van der Waals surface area contributed by atoms with Gasteiger partial charge in [0, 0.05) is 13.6 Å². The molecular formula is C16H22N2O3. The summed E-state index contributed by atoms with van der Waals surface area (Å²) in [5.74, 6) is 1.83. The van der Waals surface area contributed by atoms with Crippen LogP contribution >= 0.6 is 0 Å². The summed E-state index contributed by atoms with van der Waals surface area (Å²) in [5, 5.41) is 3.28. The highest BCUT2D eigenvalue weighted by atomic mass is 16.6. The third-order valence-corrected chi connectivity index (χ3v) is 4.07. The summed E-state index contributed by atoms with van der Waals surface area (Å²) in [5.41, 5.74) is 0. The number of hydrogen-bond donors (Lipinski definition) is 1. The lowest BCUT2D eigenvalue weighted by Crippen LogP contribution is -2.46. The van der Waals surface area contributed by atoms with E-state index in [4.69, 9.17) is 9.47 Å². The van der Waals surface area contributed by atoms with Crippen molar-refractivity contribution in [3.63, 3.8) is 0 Å². The van der Waals surface area contributed by atoms with Gasteiger partial charge in [-0.05, 0) is 31.5 Å². The number of fused-ring (bicyclic) bond motifs is 1. The Morgan fingerprint density at radius 3 is 2.95 bits per heavy atom. The van der Waals surface area contributed by atoms with Gasteiger partial charge in [-0.3, -0.25) is 4.79 Å². The Morgan fingerprint density at radius 2 is 2.19 bits per heavy atom. The summed E-state index contributed by atoms with van der Waals surface area (Å²) >= 11 is 0. The number of rotatable bonds is 3. The monoisotopic (exact) mass is 290 g/mol. The maximum atomic E-state index is 12.4. The molecule has 5 heteroatoms. The number of benzene rings is 1. The van der Waals surface area contributed by atoms with Gasteiger partial charge in [-0.1, -0.05) is 12.1 Å². The van der Waals surface area contributed by atoms with Gasteiger partial charge in [-0.25, -0.2) is 0 Å². The minimum atomic E-state index is -0.106. The fourth-order valence-corrected chi connectivity index (χ4v) is 2.92. The van der Waals surface area contributed by atoms with Crippen molar-refractivity contribution in [2.24, 2.45) is 5.92 Å². The van der Waals surface area contributed by atoms with Crippen LogP contribution in [0.5, 0.6) is 11.5 Å². The van der Waals surface area contributed by atoms with Crippen LogP contribution in [0.25, 0.3) is 0 Å². The first kappa shape index (κ1) is 14.2. The van der Waals surface area contributed by atoms with Crippen LogP contribution in [0.4, 0.5) is 0 Å². The van der Waals surface area contributed by atoms with Gasteiger partial charge in [0.2, 0.25) is 5.91 Å². The molecule has 2 atom stereocenters. The largest absolute Gasteiger partial charge is 0.486 e. The molecule has 1 fully saturated rings. The highest BCUT2D eigenvalue weighted by Crippen LogP contribution is 2.31. The molecule has 0 aliphatic carbocycles. The smallest absolute Gasteiger partial charge is 0.226 e. The first-order chi connectivity index (χ1) is 10.2. The predicted octanol–water partition coefficient (Wildman–Crippen LogP) is 1.28. The summed E-state index contributed by atoms with van der Waals surface area (Å²) < 4.78 is 11.6. The number of likely N-dealkylation sites (N-methyl/N-ethyl adjacent to an activating group) is 1.